The van der Waals surface area contributed by atoms with E-state index in [2.05, 4.69) is 0 Å². The molecule has 1 aliphatic rings. The summed E-state index contributed by atoms with van der Waals surface area (Å²) in [6, 6.07) is 0. The number of ether oxygens (including phenoxy) is 1. The predicted octanol–water partition coefficient (Wildman–Crippen LogP) is 1.16. The molecule has 1 fully saturated rings. The fourth-order valence-corrected chi connectivity index (χ4v) is 1.22. The second kappa shape index (κ2) is 2.57. The fourth-order valence-electron chi connectivity index (χ4n) is 1.22. The molecule has 0 aromatic heterocycles. The van der Waals surface area contributed by atoms with Crippen molar-refractivity contribution in [2.45, 2.75) is 33.8 Å². The van der Waals surface area contributed by atoms with E-state index in [4.69, 9.17) is 4.74 Å². The molecule has 2 atom stereocenters. The van der Waals surface area contributed by atoms with Crippen LogP contribution in [0.25, 0.3) is 0 Å². The average molecular weight is 170 g/mol. The molecule has 3 heteroatoms. The molecule has 3 nitrogen and oxygen atoms in total. The molecule has 0 radical (unpaired) electrons. The first kappa shape index (κ1) is 9.23. The second-order valence-electron chi connectivity index (χ2n) is 4.31. The quantitative estimate of drug-likeness (QED) is 0.405. The number of esters is 1. The third-order valence-electron chi connectivity index (χ3n) is 2.06. The highest BCUT2D eigenvalue weighted by atomic mass is 16.6. The zero-order valence-electron chi connectivity index (χ0n) is 7.88. The molecule has 0 aromatic rings. The largest absolute Gasteiger partial charge is 0.453 e. The number of rotatable bonds is 0. The number of Topliss-reactive ketones (excluding diaryl/α,β-unsaturated/α-hetero) is 1. The van der Waals surface area contributed by atoms with Crippen molar-refractivity contribution < 1.29 is 14.3 Å². The van der Waals surface area contributed by atoms with E-state index in [0.29, 0.717) is 0 Å². The molecule has 0 saturated carbocycles. The van der Waals surface area contributed by atoms with E-state index in [1.54, 1.807) is 6.92 Å². The highest BCUT2D eigenvalue weighted by Gasteiger charge is 2.46. The van der Waals surface area contributed by atoms with Gasteiger partial charge >= 0.3 is 5.97 Å². The fraction of sp³-hybridized carbons (Fsp3) is 0.778. The van der Waals surface area contributed by atoms with Crippen LogP contribution in [0.15, 0.2) is 0 Å². The lowest BCUT2D eigenvalue weighted by Gasteiger charge is -2.23. The second-order valence-corrected chi connectivity index (χ2v) is 4.31. The Morgan fingerprint density at radius 1 is 1.25 bits per heavy atom. The van der Waals surface area contributed by atoms with Gasteiger partial charge in [0.2, 0.25) is 0 Å². The molecule has 12 heavy (non-hydrogen) atoms. The van der Waals surface area contributed by atoms with Crippen molar-refractivity contribution >= 4 is 11.8 Å². The monoisotopic (exact) mass is 170 g/mol. The molecule has 0 spiro atoms. The van der Waals surface area contributed by atoms with Gasteiger partial charge in [0.1, 0.15) is 5.92 Å². The van der Waals surface area contributed by atoms with Crippen molar-refractivity contribution in [1.29, 1.82) is 0 Å². The minimum atomic E-state index is -0.575. The smallest absolute Gasteiger partial charge is 0.317 e. The standard InChI is InChI=1S/C9H14O3/c1-5-6(10)7(9(2,3)4)12-8(5)11/h5,7H,1-4H3/t5-,7+/m0/s1. The Morgan fingerprint density at radius 3 is 1.92 bits per heavy atom. The number of carbonyl (C=O) groups is 2. The van der Waals surface area contributed by atoms with Crippen LogP contribution in [0, 0.1) is 11.3 Å². The Balaban J connectivity index is 2.86. The van der Waals surface area contributed by atoms with Gasteiger partial charge in [-0.1, -0.05) is 20.8 Å². The van der Waals surface area contributed by atoms with Gasteiger partial charge < -0.3 is 4.74 Å². The number of hydrogen-bond acceptors (Lipinski definition) is 3. The van der Waals surface area contributed by atoms with E-state index < -0.39 is 12.0 Å². The molecule has 1 rings (SSSR count). The highest BCUT2D eigenvalue weighted by Crippen LogP contribution is 2.30. The van der Waals surface area contributed by atoms with Crippen LogP contribution < -0.4 is 0 Å². The molecule has 1 heterocycles. The van der Waals surface area contributed by atoms with Gasteiger partial charge in [0.05, 0.1) is 0 Å². The van der Waals surface area contributed by atoms with Crippen molar-refractivity contribution in [3.63, 3.8) is 0 Å². The Labute approximate surface area is 72.1 Å². The van der Waals surface area contributed by atoms with Crippen molar-refractivity contribution in [3.8, 4) is 0 Å². The van der Waals surface area contributed by atoms with Crippen LogP contribution in [0.4, 0.5) is 0 Å². The molecule has 0 amide bonds. The van der Waals surface area contributed by atoms with Gasteiger partial charge in [-0.25, -0.2) is 0 Å². The SMILES string of the molecule is C[C@@H]1C(=O)O[C@@H](C(C)(C)C)C1=O. The van der Waals surface area contributed by atoms with Crippen molar-refractivity contribution in [1.82, 2.24) is 0 Å². The Bertz CT molecular complexity index is 224. The summed E-state index contributed by atoms with van der Waals surface area (Å²) in [5, 5.41) is 0. The van der Waals surface area contributed by atoms with Crippen LogP contribution in [0.5, 0.6) is 0 Å². The van der Waals surface area contributed by atoms with Crippen LogP contribution in [0.1, 0.15) is 27.7 Å². The van der Waals surface area contributed by atoms with Crippen molar-refractivity contribution in [3.05, 3.63) is 0 Å². The number of cyclic esters (lactones) is 1. The summed E-state index contributed by atoms with van der Waals surface area (Å²) < 4.78 is 4.96. The average Bonchev–Trinajstić information content (AvgIpc) is 2.15. The Kier molecular flexibility index (Phi) is 1.98. The van der Waals surface area contributed by atoms with E-state index in [1.165, 1.54) is 0 Å². The van der Waals surface area contributed by atoms with E-state index in [-0.39, 0.29) is 17.2 Å². The molecule has 0 aliphatic carbocycles. The Morgan fingerprint density at radius 2 is 1.75 bits per heavy atom. The van der Waals surface area contributed by atoms with Crippen LogP contribution in [0.3, 0.4) is 0 Å². The summed E-state index contributed by atoms with van der Waals surface area (Å²) in [5.74, 6) is -1.05. The van der Waals surface area contributed by atoms with Gasteiger partial charge in [-0.15, -0.1) is 0 Å². The molecule has 0 aromatic carbocycles. The minimum Gasteiger partial charge on any atom is -0.453 e. The van der Waals surface area contributed by atoms with Crippen LogP contribution in [0.2, 0.25) is 0 Å². The lowest BCUT2D eigenvalue weighted by atomic mass is 9.85. The van der Waals surface area contributed by atoms with Gasteiger partial charge in [0.25, 0.3) is 0 Å². The maximum atomic E-state index is 11.4. The first-order chi connectivity index (χ1) is 5.34. The molecule has 68 valence electrons. The topological polar surface area (TPSA) is 43.4 Å². The van der Waals surface area contributed by atoms with Crippen LogP contribution >= 0.6 is 0 Å². The third kappa shape index (κ3) is 1.36. The minimum absolute atomic E-state index is 0.0903. The number of hydrogen-bond donors (Lipinski definition) is 0. The summed E-state index contributed by atoms with van der Waals surface area (Å²) in [6.07, 6.45) is -0.556. The summed E-state index contributed by atoms with van der Waals surface area (Å²) in [6.45, 7) is 7.26. The van der Waals surface area contributed by atoms with Crippen LogP contribution in [-0.2, 0) is 14.3 Å². The van der Waals surface area contributed by atoms with Gasteiger partial charge in [0.15, 0.2) is 11.9 Å². The molecule has 0 bridgehead atoms. The first-order valence-electron chi connectivity index (χ1n) is 4.08. The lowest BCUT2D eigenvalue weighted by Crippen LogP contribution is -2.32. The normalized spacial score (nSPS) is 30.7. The van der Waals surface area contributed by atoms with Gasteiger partial charge in [-0.05, 0) is 6.92 Å². The first-order valence-corrected chi connectivity index (χ1v) is 4.08. The van der Waals surface area contributed by atoms with Gasteiger partial charge in [0, 0.05) is 5.41 Å². The van der Waals surface area contributed by atoms with Crippen molar-refractivity contribution in [2.24, 2.45) is 11.3 Å². The zero-order valence-corrected chi connectivity index (χ0v) is 7.88. The van der Waals surface area contributed by atoms with Crippen molar-refractivity contribution in [2.75, 3.05) is 0 Å². The van der Waals surface area contributed by atoms with E-state index in [9.17, 15) is 9.59 Å². The summed E-state index contributed by atoms with van der Waals surface area (Å²) in [4.78, 5) is 22.4. The molecule has 0 N–H and O–H groups in total. The zero-order chi connectivity index (χ0) is 9.52. The van der Waals surface area contributed by atoms with E-state index in [0.717, 1.165) is 0 Å². The van der Waals surface area contributed by atoms with Gasteiger partial charge in [-0.3, -0.25) is 9.59 Å². The molecular weight excluding hydrogens is 156 g/mol. The summed E-state index contributed by atoms with van der Waals surface area (Å²) in [7, 11) is 0. The van der Waals surface area contributed by atoms with E-state index in [1.807, 2.05) is 20.8 Å². The van der Waals surface area contributed by atoms with Crippen LogP contribution in [-0.4, -0.2) is 17.9 Å². The molecule has 1 aliphatic heterocycles. The maximum absolute atomic E-state index is 11.4. The molecular formula is C9H14O3. The Hall–Kier alpha value is -0.860. The molecule has 0 unspecified atom stereocenters. The highest BCUT2D eigenvalue weighted by molar-refractivity contribution is 6.06. The third-order valence-corrected chi connectivity index (χ3v) is 2.06. The predicted molar refractivity (Wildman–Crippen MR) is 43.5 cm³/mol. The maximum Gasteiger partial charge on any atom is 0.317 e. The lowest BCUT2D eigenvalue weighted by molar-refractivity contribution is -0.148. The number of carbonyl (C=O) groups excluding carboxylic acids is 2. The summed E-state index contributed by atoms with van der Waals surface area (Å²) >= 11 is 0. The molecule has 1 saturated heterocycles. The van der Waals surface area contributed by atoms with Gasteiger partial charge in [-0.2, -0.15) is 0 Å². The summed E-state index contributed by atoms with van der Waals surface area (Å²) in [5.41, 5.74) is -0.280. The van der Waals surface area contributed by atoms with E-state index >= 15 is 0 Å². The number of ketones is 1.